The van der Waals surface area contributed by atoms with Crippen molar-refractivity contribution in [3.8, 4) is 34.5 Å². The van der Waals surface area contributed by atoms with E-state index in [4.69, 9.17) is 4.74 Å². The third-order valence-corrected chi connectivity index (χ3v) is 4.35. The van der Waals surface area contributed by atoms with Crippen LogP contribution in [-0.4, -0.2) is 32.0 Å². The van der Waals surface area contributed by atoms with Gasteiger partial charge in [-0.3, -0.25) is 4.68 Å². The lowest BCUT2D eigenvalue weighted by Gasteiger charge is -2.10. The molecule has 7 nitrogen and oxygen atoms in total. The SMILES string of the molecule is COc1cccc(-c2nnc(-c3cnn(C)c3)c3c2CN(C#N)C3)c1. The third-order valence-electron chi connectivity index (χ3n) is 4.35. The summed E-state index contributed by atoms with van der Waals surface area (Å²) in [6.45, 7) is 1.06. The minimum absolute atomic E-state index is 0.529. The lowest BCUT2D eigenvalue weighted by molar-refractivity contribution is 0.415. The molecule has 7 heteroatoms. The molecule has 0 aliphatic carbocycles. The second-order valence-corrected chi connectivity index (χ2v) is 5.95. The standard InChI is InChI=1S/C18H16N6O/c1-23-8-13(7-20-23)18-16-10-24(11-19)9-15(16)17(21-22-18)12-4-3-5-14(6-12)25-2/h3-8H,9-10H2,1-2H3. The first-order valence-electron chi connectivity index (χ1n) is 7.86. The molecule has 0 atom stereocenters. The van der Waals surface area contributed by atoms with Crippen LogP contribution in [0.4, 0.5) is 0 Å². The summed E-state index contributed by atoms with van der Waals surface area (Å²) in [5, 5.41) is 22.5. The Kier molecular flexibility index (Phi) is 3.58. The van der Waals surface area contributed by atoms with Gasteiger partial charge in [-0.2, -0.15) is 10.4 Å². The van der Waals surface area contributed by atoms with E-state index in [2.05, 4.69) is 21.5 Å². The number of rotatable bonds is 3. The summed E-state index contributed by atoms with van der Waals surface area (Å²) in [6, 6.07) is 7.73. The lowest BCUT2D eigenvalue weighted by Crippen LogP contribution is -2.07. The molecule has 0 bridgehead atoms. The number of nitriles is 1. The highest BCUT2D eigenvalue weighted by molar-refractivity contribution is 5.72. The molecule has 0 spiro atoms. The van der Waals surface area contributed by atoms with Crippen molar-refractivity contribution < 1.29 is 4.74 Å². The average molecular weight is 332 g/mol. The minimum atomic E-state index is 0.529. The monoisotopic (exact) mass is 332 g/mol. The number of methoxy groups -OCH3 is 1. The highest BCUT2D eigenvalue weighted by Crippen LogP contribution is 2.36. The number of hydrogen-bond acceptors (Lipinski definition) is 6. The van der Waals surface area contributed by atoms with Gasteiger partial charge in [-0.25, -0.2) is 0 Å². The largest absolute Gasteiger partial charge is 0.497 e. The summed E-state index contributed by atoms with van der Waals surface area (Å²) < 4.78 is 7.04. The van der Waals surface area contributed by atoms with Crippen molar-refractivity contribution in [1.29, 1.82) is 5.26 Å². The van der Waals surface area contributed by atoms with E-state index in [-0.39, 0.29) is 0 Å². The van der Waals surface area contributed by atoms with Crippen molar-refractivity contribution in [2.45, 2.75) is 13.1 Å². The van der Waals surface area contributed by atoms with Crippen LogP contribution in [0.2, 0.25) is 0 Å². The molecule has 1 aliphatic rings. The maximum Gasteiger partial charge on any atom is 0.179 e. The van der Waals surface area contributed by atoms with Crippen molar-refractivity contribution in [2.75, 3.05) is 7.11 Å². The molecule has 1 aliphatic heterocycles. The zero-order valence-corrected chi connectivity index (χ0v) is 14.0. The zero-order valence-electron chi connectivity index (χ0n) is 14.0. The Labute approximate surface area is 145 Å². The van der Waals surface area contributed by atoms with Crippen molar-refractivity contribution >= 4 is 0 Å². The van der Waals surface area contributed by atoms with Gasteiger partial charge in [0.25, 0.3) is 0 Å². The van der Waals surface area contributed by atoms with Gasteiger partial charge in [0.05, 0.1) is 32.1 Å². The molecule has 0 saturated carbocycles. The molecule has 0 saturated heterocycles. The number of ether oxygens (including phenoxy) is 1. The van der Waals surface area contributed by atoms with Gasteiger partial charge in [0.15, 0.2) is 6.19 Å². The van der Waals surface area contributed by atoms with Gasteiger partial charge >= 0.3 is 0 Å². The molecule has 3 aromatic rings. The molecule has 25 heavy (non-hydrogen) atoms. The first-order valence-corrected chi connectivity index (χ1v) is 7.86. The topological polar surface area (TPSA) is 79.9 Å². The Morgan fingerprint density at radius 3 is 2.44 bits per heavy atom. The summed E-state index contributed by atoms with van der Waals surface area (Å²) in [4.78, 5) is 1.71. The van der Waals surface area contributed by atoms with Crippen LogP contribution >= 0.6 is 0 Å². The van der Waals surface area contributed by atoms with E-state index in [1.54, 1.807) is 22.9 Å². The van der Waals surface area contributed by atoms with Gasteiger partial charge in [0.1, 0.15) is 11.4 Å². The minimum Gasteiger partial charge on any atom is -0.497 e. The maximum absolute atomic E-state index is 9.35. The van der Waals surface area contributed by atoms with Gasteiger partial charge in [-0.05, 0) is 12.1 Å². The van der Waals surface area contributed by atoms with Crippen LogP contribution < -0.4 is 4.74 Å². The number of nitrogens with zero attached hydrogens (tertiary/aromatic N) is 6. The summed E-state index contributed by atoms with van der Waals surface area (Å²) >= 11 is 0. The van der Waals surface area contributed by atoms with Crippen LogP contribution in [0, 0.1) is 11.5 Å². The Bertz CT molecular complexity index is 987. The molecule has 1 aromatic carbocycles. The first-order chi connectivity index (χ1) is 12.2. The fourth-order valence-electron chi connectivity index (χ4n) is 3.13. The second kappa shape index (κ2) is 5.91. The van der Waals surface area contributed by atoms with Crippen LogP contribution in [0.3, 0.4) is 0 Å². The molecule has 0 fully saturated rings. The van der Waals surface area contributed by atoms with E-state index in [1.165, 1.54) is 0 Å². The fourth-order valence-corrected chi connectivity index (χ4v) is 3.13. The van der Waals surface area contributed by atoms with Crippen molar-refractivity contribution in [1.82, 2.24) is 24.9 Å². The Hall–Kier alpha value is -3.40. The van der Waals surface area contributed by atoms with E-state index in [0.717, 1.165) is 39.4 Å². The average Bonchev–Trinajstić information content (AvgIpc) is 3.27. The Morgan fingerprint density at radius 2 is 1.84 bits per heavy atom. The van der Waals surface area contributed by atoms with Gasteiger partial charge < -0.3 is 9.64 Å². The van der Waals surface area contributed by atoms with Gasteiger partial charge in [0.2, 0.25) is 0 Å². The Morgan fingerprint density at radius 1 is 1.12 bits per heavy atom. The van der Waals surface area contributed by atoms with Gasteiger partial charge in [-0.15, -0.1) is 10.2 Å². The van der Waals surface area contributed by atoms with Gasteiger partial charge in [0, 0.05) is 35.5 Å². The van der Waals surface area contributed by atoms with Crippen LogP contribution in [0.1, 0.15) is 11.1 Å². The number of fused-ring (bicyclic) bond motifs is 1. The fraction of sp³-hybridized carbons (Fsp3) is 0.222. The van der Waals surface area contributed by atoms with E-state index in [0.29, 0.717) is 13.1 Å². The second-order valence-electron chi connectivity index (χ2n) is 5.95. The molecule has 0 unspecified atom stereocenters. The van der Waals surface area contributed by atoms with E-state index < -0.39 is 0 Å². The lowest BCUT2D eigenvalue weighted by atomic mass is 10.0. The van der Waals surface area contributed by atoms with E-state index in [9.17, 15) is 5.26 Å². The molecule has 0 radical (unpaired) electrons. The first kappa shape index (κ1) is 15.1. The molecule has 0 amide bonds. The van der Waals surface area contributed by atoms with Crippen molar-refractivity contribution in [3.63, 3.8) is 0 Å². The summed E-state index contributed by atoms with van der Waals surface area (Å²) in [6.07, 6.45) is 5.90. The van der Waals surface area contributed by atoms with E-state index >= 15 is 0 Å². The molecule has 0 N–H and O–H groups in total. The number of aryl methyl sites for hydroxylation is 1. The molecule has 2 aromatic heterocycles. The predicted molar refractivity (Wildman–Crippen MR) is 91.1 cm³/mol. The normalized spacial score (nSPS) is 12.8. The molecule has 3 heterocycles. The predicted octanol–water partition coefficient (Wildman–Crippen LogP) is 2.35. The van der Waals surface area contributed by atoms with Crippen molar-refractivity contribution in [2.24, 2.45) is 7.05 Å². The Balaban J connectivity index is 1.88. The molecule has 4 rings (SSSR count). The van der Waals surface area contributed by atoms with Gasteiger partial charge in [-0.1, -0.05) is 12.1 Å². The zero-order chi connectivity index (χ0) is 17.4. The third kappa shape index (κ3) is 2.58. The van der Waals surface area contributed by atoms with Crippen LogP contribution in [0.5, 0.6) is 5.75 Å². The molecule has 124 valence electrons. The van der Waals surface area contributed by atoms with Crippen LogP contribution in [-0.2, 0) is 20.1 Å². The highest BCUT2D eigenvalue weighted by Gasteiger charge is 2.27. The van der Waals surface area contributed by atoms with Crippen molar-refractivity contribution in [3.05, 3.63) is 47.8 Å². The molecular formula is C18H16N6O. The quantitative estimate of drug-likeness (QED) is 0.685. The smallest absolute Gasteiger partial charge is 0.179 e. The molecular weight excluding hydrogens is 316 g/mol. The number of aromatic nitrogens is 4. The summed E-state index contributed by atoms with van der Waals surface area (Å²) in [5.74, 6) is 0.763. The summed E-state index contributed by atoms with van der Waals surface area (Å²) in [5.41, 5.74) is 5.47. The van der Waals surface area contributed by atoms with Crippen LogP contribution in [0.25, 0.3) is 22.5 Å². The number of benzene rings is 1. The maximum atomic E-state index is 9.35. The highest BCUT2D eigenvalue weighted by atomic mass is 16.5. The van der Waals surface area contributed by atoms with Crippen LogP contribution in [0.15, 0.2) is 36.7 Å². The summed E-state index contributed by atoms with van der Waals surface area (Å²) in [7, 11) is 3.50. The van der Waals surface area contributed by atoms with E-state index in [1.807, 2.05) is 37.5 Å². The number of hydrogen-bond donors (Lipinski definition) is 0.